The maximum atomic E-state index is 12.1. The highest BCUT2D eigenvalue weighted by Gasteiger charge is 2.20. The van der Waals surface area contributed by atoms with Gasteiger partial charge in [-0.3, -0.25) is 9.59 Å². The van der Waals surface area contributed by atoms with Crippen LogP contribution in [0.5, 0.6) is 0 Å². The molecule has 1 fully saturated rings. The second kappa shape index (κ2) is 7.46. The van der Waals surface area contributed by atoms with Crippen LogP contribution in [0.15, 0.2) is 24.3 Å². The first kappa shape index (κ1) is 15.8. The molecule has 1 N–H and O–H groups in total. The molecule has 1 aliphatic rings. The van der Waals surface area contributed by atoms with Crippen molar-refractivity contribution in [2.24, 2.45) is 0 Å². The third kappa shape index (κ3) is 4.74. The van der Waals surface area contributed by atoms with E-state index in [0.29, 0.717) is 18.0 Å². The van der Waals surface area contributed by atoms with Crippen molar-refractivity contribution < 1.29 is 9.59 Å². The number of hydrogen-bond donors (Lipinski definition) is 1. The molecule has 1 aromatic rings. The molecule has 4 nitrogen and oxygen atoms in total. The van der Waals surface area contributed by atoms with Crippen molar-refractivity contribution in [1.82, 2.24) is 10.2 Å². The van der Waals surface area contributed by atoms with Gasteiger partial charge in [-0.15, -0.1) is 0 Å². The molecule has 2 rings (SSSR count). The summed E-state index contributed by atoms with van der Waals surface area (Å²) in [6, 6.07) is 7.30. The molecule has 0 bridgehead atoms. The fourth-order valence-corrected chi connectivity index (χ4v) is 2.72. The topological polar surface area (TPSA) is 49.4 Å². The van der Waals surface area contributed by atoms with Crippen LogP contribution in [0.2, 0.25) is 5.02 Å². The van der Waals surface area contributed by atoms with Crippen LogP contribution < -0.4 is 5.32 Å². The van der Waals surface area contributed by atoms with E-state index < -0.39 is 0 Å². The van der Waals surface area contributed by atoms with Crippen molar-refractivity contribution in [3.63, 3.8) is 0 Å². The molecule has 0 aromatic heterocycles. The fraction of sp³-hybridized carbons (Fsp3) is 0.500. The second-order valence-corrected chi connectivity index (χ2v) is 5.91. The Morgan fingerprint density at radius 1 is 1.38 bits per heavy atom. The summed E-state index contributed by atoms with van der Waals surface area (Å²) in [6.45, 7) is 2.73. The zero-order valence-electron chi connectivity index (χ0n) is 12.3. The predicted octanol–water partition coefficient (Wildman–Crippen LogP) is 2.92. The van der Waals surface area contributed by atoms with E-state index in [-0.39, 0.29) is 24.4 Å². The standard InChI is InChI=1S/C16H21ClN2O2/c1-12(13-6-5-7-14(17)10-13)18-15(20)11-19-9-4-2-3-8-16(19)21/h5-7,10,12H,2-4,8-9,11H2,1H3,(H,18,20)/t12-/m1/s1. The molecule has 0 spiro atoms. The minimum atomic E-state index is -0.127. The van der Waals surface area contributed by atoms with Crippen LogP contribution in [0.3, 0.4) is 0 Å². The molecule has 21 heavy (non-hydrogen) atoms. The first-order valence-corrected chi connectivity index (χ1v) is 7.76. The molecule has 0 aliphatic carbocycles. The van der Waals surface area contributed by atoms with Gasteiger partial charge in [-0.05, 0) is 37.5 Å². The Hall–Kier alpha value is -1.55. The SMILES string of the molecule is C[C@@H](NC(=O)CN1CCCCCC1=O)c1cccc(Cl)c1. The summed E-state index contributed by atoms with van der Waals surface area (Å²) in [6.07, 6.45) is 3.51. The number of rotatable bonds is 4. The van der Waals surface area contributed by atoms with E-state index in [9.17, 15) is 9.59 Å². The monoisotopic (exact) mass is 308 g/mol. The summed E-state index contributed by atoms with van der Waals surface area (Å²) >= 11 is 5.95. The van der Waals surface area contributed by atoms with Gasteiger partial charge in [0, 0.05) is 18.0 Å². The van der Waals surface area contributed by atoms with Crippen LogP contribution in [-0.4, -0.2) is 29.8 Å². The molecular weight excluding hydrogens is 288 g/mol. The van der Waals surface area contributed by atoms with Gasteiger partial charge in [-0.2, -0.15) is 0 Å². The minimum Gasteiger partial charge on any atom is -0.348 e. The summed E-state index contributed by atoms with van der Waals surface area (Å²) in [7, 11) is 0. The summed E-state index contributed by atoms with van der Waals surface area (Å²) in [5, 5.41) is 3.57. The first-order valence-electron chi connectivity index (χ1n) is 7.39. The zero-order valence-corrected chi connectivity index (χ0v) is 13.0. The third-order valence-electron chi connectivity index (χ3n) is 3.73. The number of carbonyl (C=O) groups excluding carboxylic acids is 2. The Kier molecular flexibility index (Phi) is 5.62. The van der Waals surface area contributed by atoms with Gasteiger partial charge < -0.3 is 10.2 Å². The van der Waals surface area contributed by atoms with Crippen LogP contribution in [0.4, 0.5) is 0 Å². The van der Waals surface area contributed by atoms with Gasteiger partial charge >= 0.3 is 0 Å². The normalized spacial score (nSPS) is 17.2. The second-order valence-electron chi connectivity index (χ2n) is 5.47. The first-order chi connectivity index (χ1) is 10.1. The molecule has 114 valence electrons. The van der Waals surface area contributed by atoms with Crippen molar-refractivity contribution in [3.8, 4) is 0 Å². The smallest absolute Gasteiger partial charge is 0.240 e. The lowest BCUT2D eigenvalue weighted by molar-refractivity contribution is -0.135. The Balaban J connectivity index is 1.90. The highest BCUT2D eigenvalue weighted by molar-refractivity contribution is 6.30. The quantitative estimate of drug-likeness (QED) is 0.929. The van der Waals surface area contributed by atoms with Crippen molar-refractivity contribution >= 4 is 23.4 Å². The highest BCUT2D eigenvalue weighted by atomic mass is 35.5. The molecule has 0 saturated carbocycles. The number of nitrogens with zero attached hydrogens (tertiary/aromatic N) is 1. The average Bonchev–Trinajstić information content (AvgIpc) is 2.64. The van der Waals surface area contributed by atoms with Crippen LogP contribution in [0, 0.1) is 0 Å². The third-order valence-corrected chi connectivity index (χ3v) is 3.97. The molecule has 2 amide bonds. The summed E-state index contributed by atoms with van der Waals surface area (Å²) in [5.41, 5.74) is 0.957. The number of likely N-dealkylation sites (tertiary alicyclic amines) is 1. The lowest BCUT2D eigenvalue weighted by Gasteiger charge is -2.21. The maximum Gasteiger partial charge on any atom is 0.240 e. The summed E-state index contributed by atoms with van der Waals surface area (Å²) < 4.78 is 0. The van der Waals surface area contributed by atoms with E-state index in [1.165, 1.54) is 0 Å². The van der Waals surface area contributed by atoms with E-state index in [0.717, 1.165) is 24.8 Å². The van der Waals surface area contributed by atoms with Crippen molar-refractivity contribution in [1.29, 1.82) is 0 Å². The van der Waals surface area contributed by atoms with Gasteiger partial charge in [-0.1, -0.05) is 30.2 Å². The summed E-state index contributed by atoms with van der Waals surface area (Å²) in [4.78, 5) is 25.6. The summed E-state index contributed by atoms with van der Waals surface area (Å²) in [5.74, 6) is -0.0456. The highest BCUT2D eigenvalue weighted by Crippen LogP contribution is 2.17. The number of carbonyl (C=O) groups is 2. The number of nitrogens with one attached hydrogen (secondary N) is 1. The largest absolute Gasteiger partial charge is 0.348 e. The molecule has 1 atom stereocenters. The number of halogens is 1. The predicted molar refractivity (Wildman–Crippen MR) is 83.1 cm³/mol. The number of amides is 2. The van der Waals surface area contributed by atoms with E-state index in [1.54, 1.807) is 11.0 Å². The minimum absolute atomic E-state index is 0.0815. The number of benzene rings is 1. The van der Waals surface area contributed by atoms with E-state index >= 15 is 0 Å². The lowest BCUT2D eigenvalue weighted by Crippen LogP contribution is -2.41. The lowest BCUT2D eigenvalue weighted by atomic mass is 10.1. The fourth-order valence-electron chi connectivity index (χ4n) is 2.53. The van der Waals surface area contributed by atoms with Crippen molar-refractivity contribution in [3.05, 3.63) is 34.9 Å². The molecule has 1 saturated heterocycles. The molecule has 1 aromatic carbocycles. The van der Waals surface area contributed by atoms with E-state index in [2.05, 4.69) is 5.32 Å². The number of hydrogen-bond acceptors (Lipinski definition) is 2. The Labute approximate surface area is 130 Å². The average molecular weight is 309 g/mol. The van der Waals surface area contributed by atoms with Crippen LogP contribution in [0.1, 0.15) is 44.2 Å². The van der Waals surface area contributed by atoms with Crippen molar-refractivity contribution in [2.75, 3.05) is 13.1 Å². The van der Waals surface area contributed by atoms with Crippen LogP contribution in [0.25, 0.3) is 0 Å². The molecule has 0 unspecified atom stereocenters. The van der Waals surface area contributed by atoms with Crippen molar-refractivity contribution in [2.45, 2.75) is 38.6 Å². The molecular formula is C16H21ClN2O2. The molecule has 1 aliphatic heterocycles. The van der Waals surface area contributed by atoms with Crippen LogP contribution in [-0.2, 0) is 9.59 Å². The zero-order chi connectivity index (χ0) is 15.2. The van der Waals surface area contributed by atoms with Gasteiger partial charge in [0.25, 0.3) is 0 Å². The van der Waals surface area contributed by atoms with Gasteiger partial charge in [0.15, 0.2) is 0 Å². The van der Waals surface area contributed by atoms with E-state index in [1.807, 2.05) is 25.1 Å². The van der Waals surface area contributed by atoms with E-state index in [4.69, 9.17) is 11.6 Å². The van der Waals surface area contributed by atoms with Gasteiger partial charge in [0.1, 0.15) is 0 Å². The van der Waals surface area contributed by atoms with Gasteiger partial charge in [-0.25, -0.2) is 0 Å². The Bertz CT molecular complexity index is 519. The maximum absolute atomic E-state index is 12.1. The molecule has 0 radical (unpaired) electrons. The van der Waals surface area contributed by atoms with Gasteiger partial charge in [0.2, 0.25) is 11.8 Å². The molecule has 5 heteroatoms. The van der Waals surface area contributed by atoms with Crippen LogP contribution >= 0.6 is 11.6 Å². The molecule has 1 heterocycles. The van der Waals surface area contributed by atoms with Gasteiger partial charge in [0.05, 0.1) is 12.6 Å². The Morgan fingerprint density at radius 3 is 2.95 bits per heavy atom. The Morgan fingerprint density at radius 2 is 2.19 bits per heavy atom.